The first-order chi connectivity index (χ1) is 11.2. The Hall–Kier alpha value is -2.27. The molecule has 0 aromatic heterocycles. The molecule has 1 atom stereocenters. The fraction of sp³-hybridized carbons (Fsp3) is 0.222. The fourth-order valence-electron chi connectivity index (χ4n) is 2.65. The van der Waals surface area contributed by atoms with Gasteiger partial charge in [-0.3, -0.25) is 9.59 Å². The molecule has 0 spiro atoms. The number of thioether (sulfide) groups is 1. The predicted molar refractivity (Wildman–Crippen MR) is 93.9 cm³/mol. The second-order valence-electron chi connectivity index (χ2n) is 5.41. The number of fused-ring (bicyclic) bond motifs is 1. The lowest BCUT2D eigenvalue weighted by atomic mass is 9.95. The number of carbonyl (C=O) groups excluding carboxylic acids is 2. The molecule has 2 N–H and O–H groups in total. The molecule has 4 nitrogen and oxygen atoms in total. The van der Waals surface area contributed by atoms with Crippen LogP contribution in [0.4, 0.5) is 11.4 Å². The van der Waals surface area contributed by atoms with Gasteiger partial charge in [-0.2, -0.15) is 0 Å². The molecule has 1 heterocycles. The van der Waals surface area contributed by atoms with Crippen LogP contribution in [-0.2, 0) is 9.59 Å². The number of carbonyl (C=O) groups is 2. The largest absolute Gasteiger partial charge is 0.325 e. The predicted octanol–water partition coefficient (Wildman–Crippen LogP) is 3.86. The van der Waals surface area contributed by atoms with Crippen LogP contribution in [0.2, 0.25) is 0 Å². The molecule has 0 aliphatic carbocycles. The molecule has 0 radical (unpaired) electrons. The molecule has 2 aromatic carbocycles. The lowest BCUT2D eigenvalue weighted by Crippen LogP contribution is -2.22. The van der Waals surface area contributed by atoms with E-state index in [0.717, 1.165) is 22.6 Å². The van der Waals surface area contributed by atoms with Crippen molar-refractivity contribution in [1.29, 1.82) is 0 Å². The van der Waals surface area contributed by atoms with E-state index in [2.05, 4.69) is 10.6 Å². The molecule has 1 unspecified atom stereocenters. The van der Waals surface area contributed by atoms with Gasteiger partial charge in [0.25, 0.3) is 0 Å². The number of nitrogens with one attached hydrogen (secondary N) is 2. The summed E-state index contributed by atoms with van der Waals surface area (Å²) in [6, 6.07) is 15.4. The van der Waals surface area contributed by atoms with Gasteiger partial charge in [-0.25, -0.2) is 0 Å². The van der Waals surface area contributed by atoms with Crippen LogP contribution in [0.25, 0.3) is 0 Å². The maximum absolute atomic E-state index is 12.6. The Morgan fingerprint density at radius 2 is 2.04 bits per heavy atom. The first-order valence-electron chi connectivity index (χ1n) is 7.60. The molecule has 23 heavy (non-hydrogen) atoms. The molecule has 2 amide bonds. The number of hydrogen-bond donors (Lipinski definition) is 2. The highest BCUT2D eigenvalue weighted by molar-refractivity contribution is 8.00. The molecule has 0 fully saturated rings. The van der Waals surface area contributed by atoms with E-state index in [1.54, 1.807) is 0 Å². The standard InChI is InChI=1S/C18H18N2O2S/c1-2-14(12-6-4-3-5-7-12)18(22)19-13-8-9-16-15(10-13)20-17(21)11-23-16/h3-10,14H,2,11H2,1H3,(H,19,22)(H,20,21). The number of hydrogen-bond acceptors (Lipinski definition) is 3. The minimum atomic E-state index is -0.184. The Kier molecular flexibility index (Phi) is 4.67. The second kappa shape index (κ2) is 6.87. The lowest BCUT2D eigenvalue weighted by Gasteiger charge is -2.19. The van der Waals surface area contributed by atoms with Crippen LogP contribution in [-0.4, -0.2) is 17.6 Å². The number of anilines is 2. The molecule has 0 saturated heterocycles. The van der Waals surface area contributed by atoms with Gasteiger partial charge in [0.05, 0.1) is 17.4 Å². The van der Waals surface area contributed by atoms with E-state index in [1.807, 2.05) is 55.5 Å². The number of rotatable bonds is 4. The highest BCUT2D eigenvalue weighted by atomic mass is 32.2. The van der Waals surface area contributed by atoms with E-state index in [-0.39, 0.29) is 17.7 Å². The van der Waals surface area contributed by atoms with Gasteiger partial charge in [0.15, 0.2) is 0 Å². The minimum Gasteiger partial charge on any atom is -0.325 e. The Bertz CT molecular complexity index is 731. The molecule has 1 aliphatic rings. The molecule has 118 valence electrons. The summed E-state index contributed by atoms with van der Waals surface area (Å²) >= 11 is 1.51. The first-order valence-corrected chi connectivity index (χ1v) is 8.58. The molecule has 0 saturated carbocycles. The summed E-state index contributed by atoms with van der Waals surface area (Å²) in [5.74, 6) is 0.205. The summed E-state index contributed by atoms with van der Waals surface area (Å²) in [4.78, 5) is 25.1. The molecular weight excluding hydrogens is 308 g/mol. The quantitative estimate of drug-likeness (QED) is 0.897. The van der Waals surface area contributed by atoms with Gasteiger partial charge in [-0.15, -0.1) is 11.8 Å². The average Bonchev–Trinajstić information content (AvgIpc) is 2.56. The summed E-state index contributed by atoms with van der Waals surface area (Å²) in [5, 5.41) is 5.79. The van der Waals surface area contributed by atoms with Crippen molar-refractivity contribution in [2.75, 3.05) is 16.4 Å². The molecule has 1 aliphatic heterocycles. The van der Waals surface area contributed by atoms with Gasteiger partial charge in [-0.05, 0) is 30.2 Å². The van der Waals surface area contributed by atoms with Crippen molar-refractivity contribution in [3.63, 3.8) is 0 Å². The SMILES string of the molecule is CCC(C(=O)Nc1ccc2c(c1)NC(=O)CS2)c1ccccc1. The van der Waals surface area contributed by atoms with E-state index in [1.165, 1.54) is 11.8 Å². The van der Waals surface area contributed by atoms with E-state index in [0.29, 0.717) is 11.4 Å². The third-order valence-corrected chi connectivity index (χ3v) is 4.88. The second-order valence-corrected chi connectivity index (χ2v) is 6.43. The van der Waals surface area contributed by atoms with Crippen LogP contribution >= 0.6 is 11.8 Å². The van der Waals surface area contributed by atoms with Gasteiger partial charge >= 0.3 is 0 Å². The fourth-order valence-corrected chi connectivity index (χ4v) is 3.44. The van der Waals surface area contributed by atoms with Crippen LogP contribution in [0.5, 0.6) is 0 Å². The van der Waals surface area contributed by atoms with Crippen molar-refractivity contribution in [2.45, 2.75) is 24.2 Å². The van der Waals surface area contributed by atoms with Crippen molar-refractivity contribution in [1.82, 2.24) is 0 Å². The number of benzene rings is 2. The monoisotopic (exact) mass is 326 g/mol. The molecule has 3 rings (SSSR count). The molecule has 5 heteroatoms. The van der Waals surface area contributed by atoms with Crippen LogP contribution in [0, 0.1) is 0 Å². The highest BCUT2D eigenvalue weighted by Gasteiger charge is 2.20. The van der Waals surface area contributed by atoms with Gasteiger partial charge < -0.3 is 10.6 Å². The Morgan fingerprint density at radius 1 is 1.26 bits per heavy atom. The lowest BCUT2D eigenvalue weighted by molar-refractivity contribution is -0.117. The van der Waals surface area contributed by atoms with Crippen LogP contribution in [0.3, 0.4) is 0 Å². The van der Waals surface area contributed by atoms with Gasteiger partial charge in [-0.1, -0.05) is 37.3 Å². The zero-order valence-corrected chi connectivity index (χ0v) is 13.7. The third-order valence-electron chi connectivity index (χ3n) is 3.81. The maximum Gasteiger partial charge on any atom is 0.234 e. The van der Waals surface area contributed by atoms with Crippen molar-refractivity contribution in [3.05, 3.63) is 54.1 Å². The van der Waals surface area contributed by atoms with Crippen molar-refractivity contribution < 1.29 is 9.59 Å². The summed E-state index contributed by atoms with van der Waals surface area (Å²) in [6.45, 7) is 2.00. The molecule has 0 bridgehead atoms. The highest BCUT2D eigenvalue weighted by Crippen LogP contribution is 2.33. The van der Waals surface area contributed by atoms with Crippen molar-refractivity contribution >= 4 is 35.0 Å². The summed E-state index contributed by atoms with van der Waals surface area (Å²) in [5.41, 5.74) is 2.47. The zero-order valence-electron chi connectivity index (χ0n) is 12.8. The van der Waals surface area contributed by atoms with E-state index in [9.17, 15) is 9.59 Å². The summed E-state index contributed by atoms with van der Waals surface area (Å²) < 4.78 is 0. The van der Waals surface area contributed by atoms with Gasteiger partial charge in [0.1, 0.15) is 0 Å². The maximum atomic E-state index is 12.6. The van der Waals surface area contributed by atoms with Crippen LogP contribution in [0.1, 0.15) is 24.8 Å². The first kappa shape index (κ1) is 15.6. The summed E-state index contributed by atoms with van der Waals surface area (Å²) in [7, 11) is 0. The third kappa shape index (κ3) is 3.56. The smallest absolute Gasteiger partial charge is 0.234 e. The van der Waals surface area contributed by atoms with E-state index < -0.39 is 0 Å². The number of amides is 2. The van der Waals surface area contributed by atoms with Gasteiger partial charge in [0.2, 0.25) is 11.8 Å². The molecule has 2 aromatic rings. The Morgan fingerprint density at radius 3 is 2.78 bits per heavy atom. The summed E-state index contributed by atoms with van der Waals surface area (Å²) in [6.07, 6.45) is 0.730. The minimum absolute atomic E-state index is 0.0123. The average molecular weight is 326 g/mol. The zero-order chi connectivity index (χ0) is 16.2. The van der Waals surface area contributed by atoms with E-state index >= 15 is 0 Å². The Balaban J connectivity index is 1.77. The molecular formula is C18H18N2O2S. The van der Waals surface area contributed by atoms with Crippen LogP contribution in [0.15, 0.2) is 53.4 Å². The Labute approximate surface area is 139 Å². The van der Waals surface area contributed by atoms with Crippen molar-refractivity contribution in [2.24, 2.45) is 0 Å². The van der Waals surface area contributed by atoms with Crippen molar-refractivity contribution in [3.8, 4) is 0 Å². The van der Waals surface area contributed by atoms with E-state index in [4.69, 9.17) is 0 Å². The normalized spacial score (nSPS) is 14.6. The van der Waals surface area contributed by atoms with Crippen LogP contribution < -0.4 is 10.6 Å². The van der Waals surface area contributed by atoms with Gasteiger partial charge in [0, 0.05) is 10.6 Å². The topological polar surface area (TPSA) is 58.2 Å².